The number of likely N-dealkylation sites (tertiary alicyclic amines) is 1. The van der Waals surface area contributed by atoms with Crippen LogP contribution in [0.3, 0.4) is 0 Å². The Morgan fingerprint density at radius 2 is 1.68 bits per heavy atom. The van der Waals surface area contributed by atoms with Crippen molar-refractivity contribution in [3.63, 3.8) is 0 Å². The van der Waals surface area contributed by atoms with Gasteiger partial charge in [0.15, 0.2) is 0 Å². The first-order valence-electron chi connectivity index (χ1n) is 13.7. The molecular formula is C32H34BrN3O5. The van der Waals surface area contributed by atoms with Crippen molar-refractivity contribution in [1.82, 2.24) is 4.90 Å². The molecule has 2 N–H and O–H groups in total. The van der Waals surface area contributed by atoms with Crippen molar-refractivity contribution in [3.8, 4) is 0 Å². The van der Waals surface area contributed by atoms with Gasteiger partial charge in [-0.15, -0.1) is 0 Å². The van der Waals surface area contributed by atoms with Crippen molar-refractivity contribution in [2.75, 3.05) is 18.5 Å². The summed E-state index contributed by atoms with van der Waals surface area (Å²) in [4.78, 5) is 44.1. The topological polar surface area (TPSA) is 108 Å². The van der Waals surface area contributed by atoms with E-state index in [0.717, 1.165) is 24.9 Å². The summed E-state index contributed by atoms with van der Waals surface area (Å²) < 4.78 is 5.04. The molecule has 8 nitrogen and oxygen atoms in total. The molecule has 1 aliphatic rings. The van der Waals surface area contributed by atoms with Gasteiger partial charge in [0.1, 0.15) is 10.9 Å². The number of benzene rings is 3. The highest BCUT2D eigenvalue weighted by Gasteiger charge is 2.32. The number of carboxylic acid groups (broad SMARTS) is 1. The van der Waals surface area contributed by atoms with Gasteiger partial charge in [0.2, 0.25) is 5.91 Å². The maximum absolute atomic E-state index is 13.6. The molecule has 1 heterocycles. The predicted octanol–water partition coefficient (Wildman–Crippen LogP) is 5.30. The second-order valence-corrected chi connectivity index (χ2v) is 10.9. The fourth-order valence-corrected chi connectivity index (χ4v) is 5.42. The quantitative estimate of drug-likeness (QED) is 0.162. The van der Waals surface area contributed by atoms with Gasteiger partial charge in [-0.3, -0.25) is 19.5 Å². The third-order valence-corrected chi connectivity index (χ3v) is 7.67. The molecule has 3 aromatic rings. The van der Waals surface area contributed by atoms with Crippen LogP contribution in [0.2, 0.25) is 0 Å². The average molecular weight is 621 g/mol. The fourth-order valence-electron chi connectivity index (χ4n) is 4.93. The summed E-state index contributed by atoms with van der Waals surface area (Å²) in [5.74, 6) is -1.83. The van der Waals surface area contributed by atoms with Gasteiger partial charge in [-0.25, -0.2) is 4.79 Å². The van der Waals surface area contributed by atoms with E-state index in [4.69, 9.17) is 4.74 Å². The Morgan fingerprint density at radius 3 is 2.37 bits per heavy atom. The zero-order valence-corrected chi connectivity index (χ0v) is 24.5. The van der Waals surface area contributed by atoms with Gasteiger partial charge in [0.05, 0.1) is 24.0 Å². The lowest BCUT2D eigenvalue weighted by molar-refractivity contribution is -0.143. The van der Waals surface area contributed by atoms with Crippen molar-refractivity contribution < 1.29 is 24.2 Å². The molecule has 4 rings (SSSR count). The van der Waals surface area contributed by atoms with Crippen molar-refractivity contribution in [2.45, 2.75) is 49.6 Å². The first-order valence-corrected chi connectivity index (χ1v) is 14.6. The number of alkyl halides is 1. The number of rotatable bonds is 12. The number of carbonyl (C=O) groups is 3. The van der Waals surface area contributed by atoms with Crippen LogP contribution in [0.4, 0.5) is 5.69 Å². The molecular weight excluding hydrogens is 586 g/mol. The van der Waals surface area contributed by atoms with Gasteiger partial charge in [0.25, 0.3) is 0 Å². The highest BCUT2D eigenvalue weighted by atomic mass is 79.9. The standard InChI is InChI=1S/C32H34BrN3O5/c1-2-41-32(40)25(33)20-27(31(38)39)34-29(23-14-7-4-8-15-23)24-16-9-10-17-26(24)35-30(37)28-18-11-19-36(28)21-22-12-5-3-6-13-22/h3-10,12-17,25,27-28H,2,11,18-21H2,1H3,(H,35,37)(H,38,39)/t25?,27-,28?/m0/s1. The number of carboxylic acids is 1. The number of hydrogen-bond donors (Lipinski definition) is 2. The number of para-hydroxylation sites is 1. The molecule has 3 atom stereocenters. The van der Waals surface area contributed by atoms with Crippen LogP contribution < -0.4 is 5.32 Å². The smallest absolute Gasteiger partial charge is 0.328 e. The monoisotopic (exact) mass is 619 g/mol. The van der Waals surface area contributed by atoms with E-state index in [9.17, 15) is 19.5 Å². The predicted molar refractivity (Wildman–Crippen MR) is 162 cm³/mol. The van der Waals surface area contributed by atoms with E-state index in [2.05, 4.69) is 43.3 Å². The van der Waals surface area contributed by atoms with Crippen molar-refractivity contribution >= 4 is 45.2 Å². The number of esters is 1. The largest absolute Gasteiger partial charge is 0.480 e. The van der Waals surface area contributed by atoms with Crippen LogP contribution in [0, 0.1) is 0 Å². The van der Waals surface area contributed by atoms with Crippen molar-refractivity contribution in [2.24, 2.45) is 4.99 Å². The molecule has 214 valence electrons. The molecule has 0 aromatic heterocycles. The van der Waals surface area contributed by atoms with Crippen LogP contribution in [0.1, 0.15) is 42.9 Å². The molecule has 1 amide bonds. The van der Waals surface area contributed by atoms with E-state index in [1.54, 1.807) is 13.0 Å². The number of aliphatic imine (C=N–C) groups is 1. The highest BCUT2D eigenvalue weighted by molar-refractivity contribution is 9.10. The van der Waals surface area contributed by atoms with Gasteiger partial charge in [-0.05, 0) is 37.9 Å². The molecule has 1 fully saturated rings. The Morgan fingerprint density at radius 1 is 1.02 bits per heavy atom. The third-order valence-electron chi connectivity index (χ3n) is 6.92. The van der Waals surface area contributed by atoms with Gasteiger partial charge >= 0.3 is 11.9 Å². The van der Waals surface area contributed by atoms with Crippen LogP contribution in [0.15, 0.2) is 89.9 Å². The molecule has 2 unspecified atom stereocenters. The molecule has 0 saturated carbocycles. The van der Waals surface area contributed by atoms with Crippen LogP contribution in [0.25, 0.3) is 0 Å². The second-order valence-electron chi connectivity index (χ2n) is 9.80. The van der Waals surface area contributed by atoms with Crippen molar-refractivity contribution in [1.29, 1.82) is 0 Å². The molecule has 0 aliphatic carbocycles. The molecule has 0 bridgehead atoms. The van der Waals surface area contributed by atoms with E-state index in [0.29, 0.717) is 29.1 Å². The lowest BCUT2D eigenvalue weighted by Gasteiger charge is -2.24. The van der Waals surface area contributed by atoms with E-state index in [1.165, 1.54) is 0 Å². The summed E-state index contributed by atoms with van der Waals surface area (Å²) in [6.07, 6.45) is 1.58. The van der Waals surface area contributed by atoms with Gasteiger partial charge in [-0.1, -0.05) is 94.8 Å². The molecule has 1 saturated heterocycles. The molecule has 9 heteroatoms. The number of anilines is 1. The minimum Gasteiger partial charge on any atom is -0.480 e. The SMILES string of the molecule is CCOC(=O)C(Br)C[C@H](N=C(c1ccccc1)c1ccccc1NC(=O)C1CCCN1Cc1ccccc1)C(=O)O. The third kappa shape index (κ3) is 8.11. The summed E-state index contributed by atoms with van der Waals surface area (Å²) in [6.45, 7) is 3.40. The molecule has 3 aromatic carbocycles. The van der Waals surface area contributed by atoms with E-state index >= 15 is 0 Å². The average Bonchev–Trinajstić information content (AvgIpc) is 3.45. The Balaban J connectivity index is 1.64. The minimum atomic E-state index is -1.24. The Hall–Kier alpha value is -3.82. The number of nitrogens with zero attached hydrogens (tertiary/aromatic N) is 2. The summed E-state index contributed by atoms with van der Waals surface area (Å²) in [5, 5.41) is 13.1. The number of carbonyl (C=O) groups excluding carboxylic acids is 2. The Bertz CT molecular complexity index is 1370. The first kappa shape index (κ1) is 30.1. The van der Waals surface area contributed by atoms with E-state index in [-0.39, 0.29) is 25.0 Å². The lowest BCUT2D eigenvalue weighted by atomic mass is 9.99. The molecule has 0 spiro atoms. The zero-order chi connectivity index (χ0) is 29.2. The zero-order valence-electron chi connectivity index (χ0n) is 22.9. The number of amides is 1. The van der Waals surface area contributed by atoms with Gasteiger partial charge < -0.3 is 15.2 Å². The Labute approximate surface area is 248 Å². The number of nitrogens with one attached hydrogen (secondary N) is 1. The number of aliphatic carboxylic acids is 1. The van der Waals surface area contributed by atoms with Crippen LogP contribution in [-0.2, 0) is 25.7 Å². The summed E-state index contributed by atoms with van der Waals surface area (Å²) in [7, 11) is 0. The van der Waals surface area contributed by atoms with Crippen LogP contribution in [-0.4, -0.2) is 63.6 Å². The number of hydrogen-bond acceptors (Lipinski definition) is 6. The molecule has 0 radical (unpaired) electrons. The molecule has 41 heavy (non-hydrogen) atoms. The number of halogens is 1. The number of ether oxygens (including phenoxy) is 1. The maximum Gasteiger partial charge on any atom is 0.328 e. The molecule has 1 aliphatic heterocycles. The normalized spacial score (nSPS) is 17.0. The van der Waals surface area contributed by atoms with Crippen molar-refractivity contribution in [3.05, 3.63) is 102 Å². The van der Waals surface area contributed by atoms with Gasteiger partial charge in [-0.2, -0.15) is 0 Å². The minimum absolute atomic E-state index is 0.102. The fraction of sp³-hybridized carbons (Fsp3) is 0.312. The second kappa shape index (κ2) is 14.7. The summed E-state index contributed by atoms with van der Waals surface area (Å²) in [6, 6.07) is 25.0. The van der Waals surface area contributed by atoms with Crippen LogP contribution in [0.5, 0.6) is 0 Å². The van der Waals surface area contributed by atoms with Crippen LogP contribution >= 0.6 is 15.9 Å². The lowest BCUT2D eigenvalue weighted by Crippen LogP contribution is -2.39. The maximum atomic E-state index is 13.6. The highest BCUT2D eigenvalue weighted by Crippen LogP contribution is 2.26. The summed E-state index contributed by atoms with van der Waals surface area (Å²) in [5.41, 5.74) is 3.38. The summed E-state index contributed by atoms with van der Waals surface area (Å²) >= 11 is 3.26. The van der Waals surface area contributed by atoms with E-state index in [1.807, 2.05) is 66.7 Å². The Kier molecular flexibility index (Phi) is 10.8. The first-order chi connectivity index (χ1) is 19.9. The van der Waals surface area contributed by atoms with E-state index < -0.39 is 22.8 Å². The van der Waals surface area contributed by atoms with Gasteiger partial charge in [0, 0.05) is 24.1 Å².